The van der Waals surface area contributed by atoms with Crippen LogP contribution in [0.25, 0.3) is 0 Å². The monoisotopic (exact) mass is 155 g/mol. The van der Waals surface area contributed by atoms with Crippen molar-refractivity contribution in [3.63, 3.8) is 0 Å². The van der Waals surface area contributed by atoms with Gasteiger partial charge in [0.05, 0.1) is 0 Å². The SMILES string of the molecule is C=C(CCC(C)(C)C)N(C)C. The Hall–Kier alpha value is -0.460. The van der Waals surface area contributed by atoms with Gasteiger partial charge in [-0.25, -0.2) is 0 Å². The highest BCUT2D eigenvalue weighted by Gasteiger charge is 2.10. The van der Waals surface area contributed by atoms with Crippen molar-refractivity contribution in [1.29, 1.82) is 0 Å². The Bertz CT molecular complexity index is 128. The Labute approximate surface area is 71.1 Å². The highest BCUT2D eigenvalue weighted by atomic mass is 15.1. The van der Waals surface area contributed by atoms with Crippen LogP contribution in [0.15, 0.2) is 12.3 Å². The second-order valence-electron chi connectivity index (χ2n) is 4.52. The van der Waals surface area contributed by atoms with Crippen molar-refractivity contribution >= 4 is 0 Å². The van der Waals surface area contributed by atoms with Crippen LogP contribution >= 0.6 is 0 Å². The maximum absolute atomic E-state index is 3.98. The molecule has 0 rings (SSSR count). The van der Waals surface area contributed by atoms with E-state index < -0.39 is 0 Å². The average molecular weight is 155 g/mol. The molecule has 1 nitrogen and oxygen atoms in total. The number of nitrogens with zero attached hydrogens (tertiary/aromatic N) is 1. The molecule has 0 amide bonds. The second-order valence-corrected chi connectivity index (χ2v) is 4.52. The van der Waals surface area contributed by atoms with Crippen LogP contribution in [0.3, 0.4) is 0 Å². The van der Waals surface area contributed by atoms with Gasteiger partial charge in [0.2, 0.25) is 0 Å². The molecule has 0 saturated carbocycles. The number of hydrogen-bond donors (Lipinski definition) is 0. The molecular weight excluding hydrogens is 134 g/mol. The standard InChI is InChI=1S/C10H21N/c1-9(11(5)6)7-8-10(2,3)4/h1,7-8H2,2-6H3. The van der Waals surface area contributed by atoms with Gasteiger partial charge in [-0.15, -0.1) is 0 Å². The summed E-state index contributed by atoms with van der Waals surface area (Å²) in [4.78, 5) is 2.09. The zero-order valence-electron chi connectivity index (χ0n) is 8.57. The van der Waals surface area contributed by atoms with E-state index >= 15 is 0 Å². The van der Waals surface area contributed by atoms with Gasteiger partial charge in [-0.2, -0.15) is 0 Å². The Balaban J connectivity index is 3.64. The maximum atomic E-state index is 3.98. The van der Waals surface area contributed by atoms with Crippen LogP contribution in [-0.2, 0) is 0 Å². The minimum atomic E-state index is 0.430. The quantitative estimate of drug-likeness (QED) is 0.605. The van der Waals surface area contributed by atoms with Crippen LogP contribution in [-0.4, -0.2) is 19.0 Å². The smallest absolute Gasteiger partial charge is 0.00579 e. The lowest BCUT2D eigenvalue weighted by molar-refractivity contribution is 0.356. The van der Waals surface area contributed by atoms with E-state index in [0.29, 0.717) is 5.41 Å². The fourth-order valence-electron chi connectivity index (χ4n) is 0.743. The predicted octanol–water partition coefficient (Wildman–Crippen LogP) is 2.89. The summed E-state index contributed by atoms with van der Waals surface area (Å²) in [5, 5.41) is 0. The Kier molecular flexibility index (Phi) is 3.64. The fourth-order valence-corrected chi connectivity index (χ4v) is 0.743. The summed E-state index contributed by atoms with van der Waals surface area (Å²) in [6.45, 7) is 10.8. The van der Waals surface area contributed by atoms with Gasteiger partial charge in [0.1, 0.15) is 0 Å². The summed E-state index contributed by atoms with van der Waals surface area (Å²) in [6, 6.07) is 0. The normalized spacial score (nSPS) is 11.4. The molecule has 0 radical (unpaired) electrons. The molecule has 0 aromatic heterocycles. The molecule has 0 atom stereocenters. The van der Waals surface area contributed by atoms with Crippen molar-refractivity contribution in [3.8, 4) is 0 Å². The molecule has 0 aliphatic carbocycles. The molecule has 66 valence electrons. The van der Waals surface area contributed by atoms with Gasteiger partial charge >= 0.3 is 0 Å². The van der Waals surface area contributed by atoms with Gasteiger partial charge in [-0.3, -0.25) is 0 Å². The largest absolute Gasteiger partial charge is 0.381 e. The molecule has 0 aromatic carbocycles. The van der Waals surface area contributed by atoms with E-state index in [4.69, 9.17) is 0 Å². The summed E-state index contributed by atoms with van der Waals surface area (Å²) in [5.41, 5.74) is 1.65. The lowest BCUT2D eigenvalue weighted by atomic mass is 9.90. The number of hydrogen-bond acceptors (Lipinski definition) is 1. The van der Waals surface area contributed by atoms with E-state index in [1.54, 1.807) is 0 Å². The van der Waals surface area contributed by atoms with E-state index in [0.717, 1.165) is 6.42 Å². The van der Waals surface area contributed by atoms with Crippen molar-refractivity contribution in [2.75, 3.05) is 14.1 Å². The van der Waals surface area contributed by atoms with E-state index in [-0.39, 0.29) is 0 Å². The molecule has 11 heavy (non-hydrogen) atoms. The average Bonchev–Trinajstić information content (AvgIpc) is 1.80. The van der Waals surface area contributed by atoms with Gasteiger partial charge in [0.15, 0.2) is 0 Å². The molecule has 0 aliphatic rings. The fraction of sp³-hybridized carbons (Fsp3) is 0.800. The van der Waals surface area contributed by atoms with Crippen LogP contribution in [0.4, 0.5) is 0 Å². The zero-order valence-corrected chi connectivity index (χ0v) is 8.57. The van der Waals surface area contributed by atoms with Crippen molar-refractivity contribution in [3.05, 3.63) is 12.3 Å². The summed E-state index contributed by atoms with van der Waals surface area (Å²) in [7, 11) is 4.09. The molecule has 0 heterocycles. The van der Waals surface area contributed by atoms with Crippen LogP contribution < -0.4 is 0 Å². The molecule has 1 heteroatoms. The molecule has 0 aromatic rings. The maximum Gasteiger partial charge on any atom is 0.00579 e. The molecule has 0 unspecified atom stereocenters. The first-order chi connectivity index (χ1) is 4.83. The minimum absolute atomic E-state index is 0.430. The molecule has 0 N–H and O–H groups in total. The highest BCUT2D eigenvalue weighted by Crippen LogP contribution is 2.23. The molecule has 0 fully saturated rings. The third kappa shape index (κ3) is 5.96. The first-order valence-electron chi connectivity index (χ1n) is 4.18. The lowest BCUT2D eigenvalue weighted by Gasteiger charge is -2.21. The Morgan fingerprint density at radius 1 is 1.27 bits per heavy atom. The third-order valence-corrected chi connectivity index (χ3v) is 1.80. The van der Waals surface area contributed by atoms with Crippen molar-refractivity contribution in [2.45, 2.75) is 33.6 Å². The topological polar surface area (TPSA) is 3.24 Å². The van der Waals surface area contributed by atoms with E-state index in [1.807, 2.05) is 14.1 Å². The Morgan fingerprint density at radius 3 is 2.00 bits per heavy atom. The van der Waals surface area contributed by atoms with Gasteiger partial charge in [-0.1, -0.05) is 27.4 Å². The minimum Gasteiger partial charge on any atom is -0.381 e. The molecule has 0 aliphatic heterocycles. The second kappa shape index (κ2) is 3.80. The highest BCUT2D eigenvalue weighted by molar-refractivity contribution is 4.91. The van der Waals surface area contributed by atoms with E-state index in [9.17, 15) is 0 Å². The predicted molar refractivity (Wildman–Crippen MR) is 51.5 cm³/mol. The molecule has 0 spiro atoms. The third-order valence-electron chi connectivity index (χ3n) is 1.80. The van der Waals surface area contributed by atoms with Crippen molar-refractivity contribution < 1.29 is 0 Å². The first kappa shape index (κ1) is 10.5. The summed E-state index contributed by atoms with van der Waals surface area (Å²) >= 11 is 0. The molecule has 0 bridgehead atoms. The van der Waals surface area contributed by atoms with Crippen LogP contribution in [0.5, 0.6) is 0 Å². The van der Waals surface area contributed by atoms with E-state index in [1.165, 1.54) is 12.1 Å². The number of allylic oxidation sites excluding steroid dienone is 1. The van der Waals surface area contributed by atoms with Crippen molar-refractivity contribution in [1.82, 2.24) is 4.90 Å². The van der Waals surface area contributed by atoms with Crippen LogP contribution in [0.1, 0.15) is 33.6 Å². The van der Waals surface area contributed by atoms with Gasteiger partial charge < -0.3 is 4.90 Å². The number of rotatable bonds is 3. The molecular formula is C10H21N. The Morgan fingerprint density at radius 2 is 1.73 bits per heavy atom. The van der Waals surface area contributed by atoms with Gasteiger partial charge in [0.25, 0.3) is 0 Å². The summed E-state index contributed by atoms with van der Waals surface area (Å²) in [6.07, 6.45) is 2.32. The molecule has 0 saturated heterocycles. The van der Waals surface area contributed by atoms with Crippen molar-refractivity contribution in [2.24, 2.45) is 5.41 Å². The van der Waals surface area contributed by atoms with Gasteiger partial charge in [0, 0.05) is 19.8 Å². The van der Waals surface area contributed by atoms with Gasteiger partial charge in [-0.05, 0) is 18.3 Å². The van der Waals surface area contributed by atoms with Crippen LogP contribution in [0, 0.1) is 5.41 Å². The van der Waals surface area contributed by atoms with Crippen LogP contribution in [0.2, 0.25) is 0 Å². The summed E-state index contributed by atoms with van der Waals surface area (Å²) < 4.78 is 0. The first-order valence-corrected chi connectivity index (χ1v) is 4.18. The zero-order chi connectivity index (χ0) is 9.07. The summed E-state index contributed by atoms with van der Waals surface area (Å²) in [5.74, 6) is 0. The van der Waals surface area contributed by atoms with E-state index in [2.05, 4.69) is 32.3 Å². The lowest BCUT2D eigenvalue weighted by Crippen LogP contribution is -2.13.